The average Bonchev–Trinajstić information content (AvgIpc) is 3.49. The molecule has 4 rings (SSSR count). The maximum absolute atomic E-state index is 15.0. The van der Waals surface area contributed by atoms with E-state index in [1.54, 1.807) is 36.4 Å². The third-order valence-electron chi connectivity index (χ3n) is 6.19. The van der Waals surface area contributed by atoms with Crippen molar-refractivity contribution in [2.75, 3.05) is 4.90 Å². The Kier molecular flexibility index (Phi) is 6.40. The smallest absolute Gasteiger partial charge is 0.294 e. The van der Waals surface area contributed by atoms with Gasteiger partial charge in [0.1, 0.15) is 11.9 Å². The van der Waals surface area contributed by atoms with Gasteiger partial charge in [-0.05, 0) is 62.1 Å². The first-order valence-corrected chi connectivity index (χ1v) is 11.0. The van der Waals surface area contributed by atoms with Crippen LogP contribution in [0.2, 0.25) is 0 Å². The van der Waals surface area contributed by atoms with Crippen molar-refractivity contribution in [3.05, 3.63) is 89.1 Å². The molecule has 5 nitrogen and oxygen atoms in total. The molecule has 1 aliphatic carbocycles. The topological polar surface area (TPSA) is 62.6 Å². The molecule has 1 fully saturated rings. The van der Waals surface area contributed by atoms with Gasteiger partial charge in [0.15, 0.2) is 5.76 Å². The normalized spacial score (nSPS) is 14.8. The van der Waals surface area contributed by atoms with Gasteiger partial charge in [0.2, 0.25) is 5.91 Å². The largest absolute Gasteiger partial charge is 0.459 e. The SMILES string of the molecule is Cc1cccc(N(C(=O)c2ccco2)[C@H](C(=O)NC2CCCC2)c2ccccc2F)c1C. The molecule has 1 saturated carbocycles. The van der Waals surface area contributed by atoms with Crippen LogP contribution in [-0.2, 0) is 4.79 Å². The Hall–Kier alpha value is -3.41. The molecule has 1 atom stereocenters. The third-order valence-corrected chi connectivity index (χ3v) is 6.19. The van der Waals surface area contributed by atoms with Gasteiger partial charge in [0.25, 0.3) is 5.91 Å². The lowest BCUT2D eigenvalue weighted by Gasteiger charge is -2.33. The van der Waals surface area contributed by atoms with E-state index in [0.29, 0.717) is 5.69 Å². The summed E-state index contributed by atoms with van der Waals surface area (Å²) in [4.78, 5) is 28.7. The van der Waals surface area contributed by atoms with Gasteiger partial charge in [-0.2, -0.15) is 0 Å². The molecule has 0 saturated heterocycles. The van der Waals surface area contributed by atoms with Crippen molar-refractivity contribution in [1.29, 1.82) is 0 Å². The summed E-state index contributed by atoms with van der Waals surface area (Å²) in [6, 6.07) is 13.7. The molecule has 166 valence electrons. The first-order valence-electron chi connectivity index (χ1n) is 11.0. The number of halogens is 1. The summed E-state index contributed by atoms with van der Waals surface area (Å²) in [5, 5.41) is 3.06. The summed E-state index contributed by atoms with van der Waals surface area (Å²) in [5.41, 5.74) is 2.48. The van der Waals surface area contributed by atoms with Crippen molar-refractivity contribution in [3.8, 4) is 0 Å². The molecular weight excluding hydrogens is 407 g/mol. The summed E-state index contributed by atoms with van der Waals surface area (Å²) < 4.78 is 20.4. The Morgan fingerprint density at radius 2 is 1.78 bits per heavy atom. The molecule has 0 spiro atoms. The third kappa shape index (κ3) is 4.31. The minimum absolute atomic E-state index is 0.0240. The second-order valence-electron chi connectivity index (χ2n) is 8.29. The van der Waals surface area contributed by atoms with Gasteiger partial charge < -0.3 is 9.73 Å². The summed E-state index contributed by atoms with van der Waals surface area (Å²) >= 11 is 0. The van der Waals surface area contributed by atoms with Crippen molar-refractivity contribution in [2.45, 2.75) is 51.6 Å². The summed E-state index contributed by atoms with van der Waals surface area (Å²) in [7, 11) is 0. The number of nitrogens with one attached hydrogen (secondary N) is 1. The van der Waals surface area contributed by atoms with Crippen molar-refractivity contribution in [1.82, 2.24) is 5.32 Å². The van der Waals surface area contributed by atoms with Crippen molar-refractivity contribution >= 4 is 17.5 Å². The summed E-state index contributed by atoms with van der Waals surface area (Å²) in [5.74, 6) is -1.36. The van der Waals surface area contributed by atoms with Gasteiger partial charge >= 0.3 is 0 Å². The number of benzene rings is 2. The molecule has 3 aromatic rings. The van der Waals surface area contributed by atoms with Crippen molar-refractivity contribution < 1.29 is 18.4 Å². The zero-order valence-corrected chi connectivity index (χ0v) is 18.3. The van der Waals surface area contributed by atoms with Crippen LogP contribution >= 0.6 is 0 Å². The molecule has 2 amide bonds. The molecule has 1 aromatic heterocycles. The lowest BCUT2D eigenvalue weighted by atomic mass is 9.99. The lowest BCUT2D eigenvalue weighted by molar-refractivity contribution is -0.123. The van der Waals surface area contributed by atoms with Crippen LogP contribution in [0.25, 0.3) is 0 Å². The zero-order valence-electron chi connectivity index (χ0n) is 18.3. The van der Waals surface area contributed by atoms with E-state index in [0.717, 1.165) is 36.8 Å². The fraction of sp³-hybridized carbons (Fsp3) is 0.308. The number of hydrogen-bond donors (Lipinski definition) is 1. The number of amides is 2. The molecule has 0 bridgehead atoms. The van der Waals surface area contributed by atoms with E-state index in [1.807, 2.05) is 26.0 Å². The van der Waals surface area contributed by atoms with E-state index >= 15 is 4.39 Å². The van der Waals surface area contributed by atoms with Crippen molar-refractivity contribution in [3.63, 3.8) is 0 Å². The fourth-order valence-corrected chi connectivity index (χ4v) is 4.33. The van der Waals surface area contributed by atoms with Gasteiger partial charge in [0.05, 0.1) is 6.26 Å². The van der Waals surface area contributed by atoms with Gasteiger partial charge in [-0.15, -0.1) is 0 Å². The number of carbonyl (C=O) groups is 2. The first kappa shape index (κ1) is 21.8. The second kappa shape index (κ2) is 9.39. The molecule has 6 heteroatoms. The van der Waals surface area contributed by atoms with Gasteiger partial charge in [-0.25, -0.2) is 4.39 Å². The molecule has 0 aliphatic heterocycles. The van der Waals surface area contributed by atoms with E-state index in [4.69, 9.17) is 4.42 Å². The van der Waals surface area contributed by atoms with Gasteiger partial charge in [0, 0.05) is 17.3 Å². The number of nitrogens with zero attached hydrogens (tertiary/aromatic N) is 1. The molecule has 0 radical (unpaired) electrons. The Labute approximate surface area is 187 Å². The van der Waals surface area contributed by atoms with E-state index in [2.05, 4.69) is 5.32 Å². The van der Waals surface area contributed by atoms with Crippen LogP contribution in [0.5, 0.6) is 0 Å². The Morgan fingerprint density at radius 1 is 1.03 bits per heavy atom. The minimum Gasteiger partial charge on any atom is -0.459 e. The highest BCUT2D eigenvalue weighted by Gasteiger charge is 2.37. The zero-order chi connectivity index (χ0) is 22.7. The van der Waals surface area contributed by atoms with E-state index < -0.39 is 23.7 Å². The quantitative estimate of drug-likeness (QED) is 0.559. The molecule has 32 heavy (non-hydrogen) atoms. The number of aryl methyl sites for hydroxylation is 1. The molecule has 2 aromatic carbocycles. The van der Waals surface area contributed by atoms with E-state index in [1.165, 1.54) is 17.2 Å². The maximum atomic E-state index is 15.0. The molecule has 1 heterocycles. The highest BCUT2D eigenvalue weighted by atomic mass is 19.1. The van der Waals surface area contributed by atoms with E-state index in [9.17, 15) is 9.59 Å². The van der Waals surface area contributed by atoms with Crippen LogP contribution in [0.15, 0.2) is 65.3 Å². The van der Waals surface area contributed by atoms with Gasteiger partial charge in [-0.1, -0.05) is 43.2 Å². The lowest BCUT2D eigenvalue weighted by Crippen LogP contribution is -2.47. The molecule has 1 aliphatic rings. The summed E-state index contributed by atoms with van der Waals surface area (Å²) in [6.45, 7) is 3.82. The van der Waals surface area contributed by atoms with Crippen molar-refractivity contribution in [2.24, 2.45) is 0 Å². The monoisotopic (exact) mass is 434 g/mol. The number of rotatable bonds is 6. The predicted octanol–water partition coefficient (Wildman–Crippen LogP) is 5.48. The number of furan rings is 1. The maximum Gasteiger partial charge on any atom is 0.294 e. The molecular formula is C26H27FN2O3. The van der Waals surface area contributed by atoms with E-state index in [-0.39, 0.29) is 17.4 Å². The predicted molar refractivity (Wildman–Crippen MR) is 121 cm³/mol. The summed E-state index contributed by atoms with van der Waals surface area (Å²) in [6.07, 6.45) is 5.25. The fourth-order valence-electron chi connectivity index (χ4n) is 4.33. The number of anilines is 1. The average molecular weight is 435 g/mol. The Bertz CT molecular complexity index is 1100. The van der Waals surface area contributed by atoms with Crippen LogP contribution in [0, 0.1) is 19.7 Å². The van der Waals surface area contributed by atoms with Crippen LogP contribution in [0.1, 0.15) is 59.0 Å². The van der Waals surface area contributed by atoms with Crippen LogP contribution in [-0.4, -0.2) is 17.9 Å². The van der Waals surface area contributed by atoms with Crippen LogP contribution in [0.3, 0.4) is 0 Å². The first-order chi connectivity index (χ1) is 15.5. The Balaban J connectivity index is 1.87. The number of carbonyl (C=O) groups excluding carboxylic acids is 2. The molecule has 1 N–H and O–H groups in total. The van der Waals surface area contributed by atoms with Gasteiger partial charge in [-0.3, -0.25) is 14.5 Å². The molecule has 0 unspecified atom stereocenters. The van der Waals surface area contributed by atoms with Crippen LogP contribution < -0.4 is 10.2 Å². The highest BCUT2D eigenvalue weighted by Crippen LogP contribution is 2.34. The highest BCUT2D eigenvalue weighted by molar-refractivity contribution is 6.09. The minimum atomic E-state index is -1.19. The number of hydrogen-bond acceptors (Lipinski definition) is 3. The van der Waals surface area contributed by atoms with Crippen LogP contribution in [0.4, 0.5) is 10.1 Å². The standard InChI is InChI=1S/C26H27FN2O3/c1-17-9-7-14-22(18(17)2)29(26(31)23-15-8-16-32-23)24(20-12-5-6-13-21(20)27)25(30)28-19-10-3-4-11-19/h5-9,12-16,19,24H,3-4,10-11H2,1-2H3,(H,28,30)/t24-/m0/s1. The second-order valence-corrected chi connectivity index (χ2v) is 8.29. The Morgan fingerprint density at radius 3 is 2.47 bits per heavy atom.